The lowest BCUT2D eigenvalue weighted by molar-refractivity contribution is -0.129. The highest BCUT2D eigenvalue weighted by atomic mass is 16.2. The zero-order chi connectivity index (χ0) is 18.1. The molecule has 3 aromatic rings. The molecule has 1 N–H and O–H groups in total. The normalized spacial score (nSPS) is 14.7. The van der Waals surface area contributed by atoms with E-state index in [2.05, 4.69) is 25.0 Å². The van der Waals surface area contributed by atoms with Crippen LogP contribution in [0.15, 0.2) is 42.1 Å². The fourth-order valence-electron chi connectivity index (χ4n) is 3.00. The van der Waals surface area contributed by atoms with Crippen molar-refractivity contribution in [2.45, 2.75) is 6.92 Å². The maximum absolute atomic E-state index is 12.6. The average Bonchev–Trinajstić information content (AvgIpc) is 3.31. The van der Waals surface area contributed by atoms with Crippen LogP contribution in [0.2, 0.25) is 0 Å². The van der Waals surface area contributed by atoms with Gasteiger partial charge in [-0.25, -0.2) is 15.0 Å². The Balaban J connectivity index is 1.59. The fraction of sp³-hybridized carbons (Fsp3) is 0.312. The summed E-state index contributed by atoms with van der Waals surface area (Å²) in [7, 11) is 0. The molecule has 3 aromatic heterocycles. The summed E-state index contributed by atoms with van der Waals surface area (Å²) in [6, 6.07) is 1.76. The van der Waals surface area contributed by atoms with Crippen molar-refractivity contribution < 1.29 is 4.79 Å². The second-order valence-corrected chi connectivity index (χ2v) is 6.00. The summed E-state index contributed by atoms with van der Waals surface area (Å²) in [6.45, 7) is 4.27. The second-order valence-electron chi connectivity index (χ2n) is 6.00. The summed E-state index contributed by atoms with van der Waals surface area (Å²) in [5, 5.41) is 2.92. The lowest BCUT2D eigenvalue weighted by Crippen LogP contribution is -2.48. The molecule has 0 unspecified atom stereocenters. The van der Waals surface area contributed by atoms with Crippen LogP contribution in [-0.4, -0.2) is 66.3 Å². The fourth-order valence-corrected chi connectivity index (χ4v) is 3.00. The molecule has 1 amide bonds. The van der Waals surface area contributed by atoms with Crippen LogP contribution in [-0.2, 0) is 4.79 Å². The van der Waals surface area contributed by atoms with Gasteiger partial charge in [-0.2, -0.15) is 4.68 Å². The van der Waals surface area contributed by atoms with Crippen LogP contribution >= 0.6 is 0 Å². The first-order valence-electron chi connectivity index (χ1n) is 8.25. The molecule has 0 saturated carbocycles. The van der Waals surface area contributed by atoms with E-state index < -0.39 is 0 Å². The third kappa shape index (κ3) is 2.85. The van der Waals surface area contributed by atoms with Crippen LogP contribution in [0.3, 0.4) is 0 Å². The van der Waals surface area contributed by atoms with E-state index in [0.717, 1.165) is 5.82 Å². The van der Waals surface area contributed by atoms with Crippen molar-refractivity contribution in [1.29, 1.82) is 0 Å². The molecule has 0 spiro atoms. The highest BCUT2D eigenvalue weighted by Crippen LogP contribution is 2.15. The highest BCUT2D eigenvalue weighted by Gasteiger charge is 2.20. The van der Waals surface area contributed by atoms with E-state index in [1.807, 2.05) is 4.90 Å². The van der Waals surface area contributed by atoms with Gasteiger partial charge in [0, 0.05) is 57.8 Å². The van der Waals surface area contributed by atoms with Gasteiger partial charge < -0.3 is 9.80 Å². The van der Waals surface area contributed by atoms with Crippen LogP contribution in [0.1, 0.15) is 6.92 Å². The minimum atomic E-state index is -0.228. The molecule has 26 heavy (non-hydrogen) atoms. The van der Waals surface area contributed by atoms with Gasteiger partial charge >= 0.3 is 0 Å². The van der Waals surface area contributed by atoms with Crippen LogP contribution in [0.4, 0.5) is 5.82 Å². The van der Waals surface area contributed by atoms with E-state index in [4.69, 9.17) is 0 Å². The van der Waals surface area contributed by atoms with Crippen LogP contribution in [0, 0.1) is 0 Å². The molecule has 10 nitrogen and oxygen atoms in total. The Morgan fingerprint density at radius 3 is 2.62 bits per heavy atom. The Kier molecular flexibility index (Phi) is 3.99. The van der Waals surface area contributed by atoms with Crippen molar-refractivity contribution in [2.24, 2.45) is 0 Å². The summed E-state index contributed by atoms with van der Waals surface area (Å²) in [5.74, 6) is 1.27. The number of imidazole rings is 1. The molecule has 0 bridgehead atoms. The van der Waals surface area contributed by atoms with Crippen molar-refractivity contribution in [3.8, 4) is 11.5 Å². The summed E-state index contributed by atoms with van der Waals surface area (Å²) in [5.41, 5.74) is 0.229. The van der Waals surface area contributed by atoms with Crippen molar-refractivity contribution in [1.82, 2.24) is 34.2 Å². The van der Waals surface area contributed by atoms with Crippen LogP contribution in [0.5, 0.6) is 0 Å². The van der Waals surface area contributed by atoms with Gasteiger partial charge in [0.1, 0.15) is 17.8 Å². The zero-order valence-electron chi connectivity index (χ0n) is 14.2. The SMILES string of the molecule is CC(=O)N1CCN(c2cc(-n3[nH]cc(-n4ccnc4)c3=O)ncn2)CC1. The average molecular weight is 354 g/mol. The van der Waals surface area contributed by atoms with E-state index in [9.17, 15) is 9.59 Å². The van der Waals surface area contributed by atoms with Gasteiger partial charge in [-0.3, -0.25) is 19.3 Å². The van der Waals surface area contributed by atoms with E-state index in [1.54, 1.807) is 42.5 Å². The first-order valence-corrected chi connectivity index (χ1v) is 8.25. The molecule has 10 heteroatoms. The number of carbonyl (C=O) groups excluding carboxylic acids is 1. The smallest absolute Gasteiger partial charge is 0.296 e. The number of nitrogens with zero attached hydrogens (tertiary/aromatic N) is 7. The molecular weight excluding hydrogens is 336 g/mol. The quantitative estimate of drug-likeness (QED) is 0.699. The Bertz CT molecular complexity index is 966. The van der Waals surface area contributed by atoms with Gasteiger partial charge in [-0.1, -0.05) is 0 Å². The topological polar surface area (TPSA) is 105 Å². The number of anilines is 1. The monoisotopic (exact) mass is 354 g/mol. The van der Waals surface area contributed by atoms with E-state index in [1.165, 1.54) is 11.0 Å². The standard InChI is InChI=1S/C16H18N8O2/c1-12(25)21-4-6-22(7-5-21)14-8-15(19-10-18-14)24-16(26)13(9-20-24)23-3-2-17-11-23/h2-3,8-11,20H,4-7H2,1H3. The third-order valence-electron chi connectivity index (χ3n) is 4.45. The van der Waals surface area contributed by atoms with Gasteiger partial charge in [0.05, 0.1) is 6.33 Å². The predicted octanol–water partition coefficient (Wildman–Crippen LogP) is -0.190. The van der Waals surface area contributed by atoms with E-state index in [-0.39, 0.29) is 11.5 Å². The van der Waals surface area contributed by atoms with Gasteiger partial charge in [0.15, 0.2) is 5.82 Å². The second kappa shape index (κ2) is 6.47. The molecule has 1 fully saturated rings. The minimum absolute atomic E-state index is 0.0815. The predicted molar refractivity (Wildman–Crippen MR) is 93.6 cm³/mol. The number of rotatable bonds is 3. The lowest BCUT2D eigenvalue weighted by Gasteiger charge is -2.34. The number of hydrogen-bond donors (Lipinski definition) is 1. The van der Waals surface area contributed by atoms with Gasteiger partial charge in [-0.15, -0.1) is 0 Å². The number of carbonyl (C=O) groups is 1. The van der Waals surface area contributed by atoms with Gasteiger partial charge in [0.25, 0.3) is 5.56 Å². The molecule has 0 radical (unpaired) electrons. The van der Waals surface area contributed by atoms with E-state index in [0.29, 0.717) is 37.7 Å². The van der Waals surface area contributed by atoms with Crippen LogP contribution < -0.4 is 10.5 Å². The molecule has 4 rings (SSSR count). The molecule has 1 aliphatic rings. The Hall–Kier alpha value is -3.43. The summed E-state index contributed by atoms with van der Waals surface area (Å²) < 4.78 is 3.00. The molecule has 1 saturated heterocycles. The molecule has 4 heterocycles. The van der Waals surface area contributed by atoms with Gasteiger partial charge in [-0.05, 0) is 0 Å². The molecule has 134 valence electrons. The molecule has 0 aliphatic carbocycles. The largest absolute Gasteiger partial charge is 0.353 e. The number of hydrogen-bond acceptors (Lipinski definition) is 6. The Morgan fingerprint density at radius 2 is 1.92 bits per heavy atom. The number of aromatic amines is 1. The minimum Gasteiger partial charge on any atom is -0.353 e. The molecule has 0 atom stereocenters. The maximum atomic E-state index is 12.6. The molecule has 1 aliphatic heterocycles. The lowest BCUT2D eigenvalue weighted by atomic mass is 10.3. The number of piperazine rings is 1. The summed E-state index contributed by atoms with van der Waals surface area (Å²) in [4.78, 5) is 40.5. The van der Waals surface area contributed by atoms with Crippen molar-refractivity contribution >= 4 is 11.7 Å². The zero-order valence-corrected chi connectivity index (χ0v) is 14.2. The number of aromatic nitrogens is 6. The first-order chi connectivity index (χ1) is 12.6. The van der Waals surface area contributed by atoms with Crippen molar-refractivity contribution in [3.63, 3.8) is 0 Å². The summed E-state index contributed by atoms with van der Waals surface area (Å²) >= 11 is 0. The van der Waals surface area contributed by atoms with E-state index >= 15 is 0 Å². The number of amides is 1. The van der Waals surface area contributed by atoms with Gasteiger partial charge in [0.2, 0.25) is 5.91 Å². The Labute approximate surface area is 148 Å². The van der Waals surface area contributed by atoms with Crippen molar-refractivity contribution in [2.75, 3.05) is 31.1 Å². The van der Waals surface area contributed by atoms with Crippen molar-refractivity contribution in [3.05, 3.63) is 47.7 Å². The number of H-pyrrole nitrogens is 1. The summed E-state index contributed by atoms with van der Waals surface area (Å²) in [6.07, 6.45) is 7.92. The van der Waals surface area contributed by atoms with Crippen LogP contribution in [0.25, 0.3) is 11.5 Å². The number of nitrogens with one attached hydrogen (secondary N) is 1. The first kappa shape index (κ1) is 16.1. The molecular formula is C16H18N8O2. The highest BCUT2D eigenvalue weighted by molar-refractivity contribution is 5.73. The third-order valence-corrected chi connectivity index (χ3v) is 4.45. The maximum Gasteiger partial charge on any atom is 0.296 e. The molecule has 0 aromatic carbocycles. The Morgan fingerprint density at radius 1 is 1.15 bits per heavy atom.